The van der Waals surface area contributed by atoms with Crippen LogP contribution in [0, 0.1) is 92.7 Å². The van der Waals surface area contributed by atoms with Crippen molar-refractivity contribution in [2.24, 2.45) is 92.7 Å². The van der Waals surface area contributed by atoms with Gasteiger partial charge in [-0.05, 0) is 238 Å². The first-order valence-electron chi connectivity index (χ1n) is 24.8. The highest BCUT2D eigenvalue weighted by Crippen LogP contribution is 2.66. The number of amides is 4. The summed E-state index contributed by atoms with van der Waals surface area (Å²) in [5.74, 6) is 8.11. The molecule has 56 heavy (non-hydrogen) atoms. The molecule has 17 fully saturated rings. The zero-order chi connectivity index (χ0) is 37.3. The van der Waals surface area contributed by atoms with Crippen molar-refractivity contribution in [3.05, 3.63) is 0 Å². The van der Waals surface area contributed by atoms with Crippen LogP contribution in [-0.2, 0) is 19.2 Å². The van der Waals surface area contributed by atoms with Crippen LogP contribution in [-0.4, -0.2) is 45.5 Å². The summed E-state index contributed by atoms with van der Waals surface area (Å²) in [5.41, 5.74) is -1.69. The summed E-state index contributed by atoms with van der Waals surface area (Å²) in [4.78, 5) is 68.4. The second-order valence-corrected chi connectivity index (χ2v) is 25.2. The van der Waals surface area contributed by atoms with E-state index in [0.717, 1.165) is 103 Å². The monoisotopic (exact) mass is 763 g/mol. The summed E-state index contributed by atoms with van der Waals surface area (Å²) >= 11 is 0. The van der Waals surface area contributed by atoms with E-state index in [4.69, 9.17) is 0 Å². The molecule has 17 aliphatic carbocycles. The van der Waals surface area contributed by atoms with Crippen LogP contribution in [0.4, 0.5) is 0 Å². The van der Waals surface area contributed by atoms with E-state index in [-0.39, 0.29) is 35.7 Å². The van der Waals surface area contributed by atoms with Crippen molar-refractivity contribution in [1.82, 2.24) is 9.80 Å². The van der Waals surface area contributed by atoms with E-state index < -0.39 is 21.7 Å². The predicted octanol–water partition coefficient (Wildman–Crippen LogP) is 9.87. The fraction of sp³-hybridized carbons (Fsp3) is 0.920. The van der Waals surface area contributed by atoms with Crippen molar-refractivity contribution in [1.29, 1.82) is 0 Å². The summed E-state index contributed by atoms with van der Waals surface area (Å²) < 4.78 is 0. The van der Waals surface area contributed by atoms with Gasteiger partial charge in [-0.3, -0.25) is 29.0 Å². The zero-order valence-corrected chi connectivity index (χ0v) is 34.4. The van der Waals surface area contributed by atoms with E-state index in [2.05, 4.69) is 0 Å². The molecule has 0 spiro atoms. The van der Waals surface area contributed by atoms with Gasteiger partial charge in [0, 0.05) is 0 Å². The SMILES string of the molecule is O=C(N(C(=O)C12CC3CC(CC(C3)C1)C2)C1CCCCC1N(C(=O)C12CC3CC(CC(C3)C1)C2)C(=O)C12CC3CC(CC(C3)C1)C2)C12CC3CC(CC(C3)C1)C2. The zero-order valence-electron chi connectivity index (χ0n) is 34.4. The molecule has 0 aromatic heterocycles. The molecule has 0 aromatic carbocycles. The average molecular weight is 763 g/mol. The molecule has 4 amide bonds. The van der Waals surface area contributed by atoms with Crippen molar-refractivity contribution in [3.63, 3.8) is 0 Å². The number of rotatable bonds is 6. The van der Waals surface area contributed by atoms with Crippen LogP contribution in [0.1, 0.15) is 180 Å². The third-order valence-electron chi connectivity index (χ3n) is 21.2. The highest BCUT2D eigenvalue weighted by atomic mass is 16.2. The molecular formula is C50H70N2O4. The molecule has 6 heteroatoms. The number of hydrogen-bond acceptors (Lipinski definition) is 4. The fourth-order valence-electron chi connectivity index (χ4n) is 21.0. The van der Waals surface area contributed by atoms with Gasteiger partial charge in [-0.1, -0.05) is 12.8 Å². The lowest BCUT2D eigenvalue weighted by atomic mass is 9.48. The van der Waals surface area contributed by atoms with Gasteiger partial charge in [-0.15, -0.1) is 0 Å². The molecule has 17 aliphatic rings. The Labute approximate surface area is 336 Å². The van der Waals surface area contributed by atoms with Crippen molar-refractivity contribution in [3.8, 4) is 0 Å². The average Bonchev–Trinajstić information content (AvgIpc) is 3.13. The molecule has 17 saturated carbocycles. The molecule has 0 N–H and O–H groups in total. The molecule has 0 heterocycles. The first kappa shape index (κ1) is 35.1. The summed E-state index contributed by atoms with van der Waals surface area (Å²) in [6.07, 6.45) is 30.3. The summed E-state index contributed by atoms with van der Waals surface area (Å²) in [7, 11) is 0. The molecule has 304 valence electrons. The van der Waals surface area contributed by atoms with E-state index in [1.807, 2.05) is 9.80 Å². The highest BCUT2D eigenvalue weighted by molar-refractivity contribution is 6.03. The van der Waals surface area contributed by atoms with Gasteiger partial charge >= 0.3 is 0 Å². The smallest absolute Gasteiger partial charge is 0.235 e. The molecule has 16 bridgehead atoms. The van der Waals surface area contributed by atoms with Crippen LogP contribution in [0.25, 0.3) is 0 Å². The largest absolute Gasteiger partial charge is 0.276 e. The Bertz CT molecular complexity index is 1350. The van der Waals surface area contributed by atoms with Crippen LogP contribution in [0.5, 0.6) is 0 Å². The first-order chi connectivity index (χ1) is 27.1. The van der Waals surface area contributed by atoms with Gasteiger partial charge < -0.3 is 0 Å². The van der Waals surface area contributed by atoms with Gasteiger partial charge in [0.2, 0.25) is 23.6 Å². The van der Waals surface area contributed by atoms with E-state index in [1.54, 1.807) is 0 Å². The molecule has 17 rings (SSSR count). The number of imide groups is 2. The number of carbonyl (C=O) groups excluding carboxylic acids is 4. The molecule has 0 aliphatic heterocycles. The first-order valence-corrected chi connectivity index (χ1v) is 24.8. The lowest BCUT2D eigenvalue weighted by Gasteiger charge is -2.61. The minimum atomic E-state index is -0.423. The normalized spacial score (nSPS) is 54.8. The van der Waals surface area contributed by atoms with Crippen molar-refractivity contribution < 1.29 is 19.2 Å². The van der Waals surface area contributed by atoms with Crippen LogP contribution in [0.2, 0.25) is 0 Å². The van der Waals surface area contributed by atoms with Gasteiger partial charge in [0.25, 0.3) is 0 Å². The summed E-state index contributed by atoms with van der Waals surface area (Å²) in [5, 5.41) is 0. The Kier molecular flexibility index (Phi) is 7.50. The van der Waals surface area contributed by atoms with Gasteiger partial charge in [-0.2, -0.15) is 0 Å². The maximum absolute atomic E-state index is 16.1. The van der Waals surface area contributed by atoms with Gasteiger partial charge in [0.05, 0.1) is 33.7 Å². The maximum atomic E-state index is 16.1. The number of carbonyl (C=O) groups is 4. The lowest BCUT2D eigenvalue weighted by Crippen LogP contribution is -2.69. The lowest BCUT2D eigenvalue weighted by molar-refractivity contribution is -0.188. The number of hydrogen-bond donors (Lipinski definition) is 0. The van der Waals surface area contributed by atoms with Crippen LogP contribution in [0.3, 0.4) is 0 Å². The Morgan fingerprint density at radius 1 is 0.286 bits per heavy atom. The van der Waals surface area contributed by atoms with Gasteiger partial charge in [0.1, 0.15) is 0 Å². The second kappa shape index (κ2) is 12.0. The fourth-order valence-corrected chi connectivity index (χ4v) is 21.0. The molecule has 0 radical (unpaired) electrons. The van der Waals surface area contributed by atoms with Crippen molar-refractivity contribution in [2.45, 2.75) is 192 Å². The Morgan fingerprint density at radius 2 is 0.446 bits per heavy atom. The molecule has 2 unspecified atom stereocenters. The quantitative estimate of drug-likeness (QED) is 0.253. The van der Waals surface area contributed by atoms with E-state index in [0.29, 0.717) is 71.0 Å². The Morgan fingerprint density at radius 3 is 0.607 bits per heavy atom. The Balaban J connectivity index is 0.929. The molecule has 2 atom stereocenters. The third-order valence-corrected chi connectivity index (χ3v) is 21.2. The second-order valence-electron chi connectivity index (χ2n) is 25.2. The predicted molar refractivity (Wildman–Crippen MR) is 212 cm³/mol. The van der Waals surface area contributed by atoms with Gasteiger partial charge in [-0.25, -0.2) is 0 Å². The Hall–Kier alpha value is -1.72. The van der Waals surface area contributed by atoms with Crippen LogP contribution >= 0.6 is 0 Å². The molecule has 6 nitrogen and oxygen atoms in total. The van der Waals surface area contributed by atoms with Crippen molar-refractivity contribution in [2.75, 3.05) is 0 Å². The molecular weight excluding hydrogens is 693 g/mol. The molecule has 0 saturated heterocycles. The minimum absolute atomic E-state index is 0.165. The summed E-state index contributed by atoms with van der Waals surface area (Å²) in [6, 6.07) is -0.721. The molecule has 0 aromatic rings. The van der Waals surface area contributed by atoms with Gasteiger partial charge in [0.15, 0.2) is 0 Å². The van der Waals surface area contributed by atoms with E-state index >= 15 is 19.2 Å². The number of nitrogens with zero attached hydrogens (tertiary/aromatic N) is 2. The summed E-state index contributed by atoms with van der Waals surface area (Å²) in [6.45, 7) is 0. The highest BCUT2D eigenvalue weighted by Gasteiger charge is 2.65. The maximum Gasteiger partial charge on any atom is 0.235 e. The standard InChI is InChI=1S/C50H70N2O4/c53-43(47-17-29-5-30(18-47)7-31(6-29)19-47)51(44(54)48-20-32-8-33(21-48)10-34(9-32)22-48)41-3-1-2-4-42(41)52(45(55)49-23-35-11-36(24-49)13-37(12-35)25-49)46(56)50-26-38-14-39(27-50)16-40(15-38)28-50/h29-42H,1-28H2. The van der Waals surface area contributed by atoms with E-state index in [9.17, 15) is 0 Å². The van der Waals surface area contributed by atoms with Crippen LogP contribution in [0.15, 0.2) is 0 Å². The van der Waals surface area contributed by atoms with E-state index in [1.165, 1.54) is 77.0 Å². The minimum Gasteiger partial charge on any atom is -0.276 e. The van der Waals surface area contributed by atoms with Crippen molar-refractivity contribution >= 4 is 23.6 Å². The van der Waals surface area contributed by atoms with Crippen LogP contribution < -0.4 is 0 Å². The third kappa shape index (κ3) is 5.03. The topological polar surface area (TPSA) is 74.8 Å².